The molecule has 0 atom stereocenters. The summed E-state index contributed by atoms with van der Waals surface area (Å²) in [6, 6.07) is 2.92. The number of amides is 1. The summed E-state index contributed by atoms with van der Waals surface area (Å²) in [5.41, 5.74) is 0.548. The average molecular weight is 398 g/mol. The van der Waals surface area contributed by atoms with E-state index in [0.717, 1.165) is 0 Å². The summed E-state index contributed by atoms with van der Waals surface area (Å²) in [5.74, 6) is 0. The van der Waals surface area contributed by atoms with E-state index in [9.17, 15) is 23.3 Å². The first-order chi connectivity index (χ1) is 12.3. The molecule has 0 aromatic heterocycles. The molecular weight excluding hydrogens is 371 g/mol. The Morgan fingerprint density at radius 1 is 1.07 bits per heavy atom. The van der Waals surface area contributed by atoms with Gasteiger partial charge in [-0.3, -0.25) is 0 Å². The normalized spacial score (nSPS) is 16.3. The summed E-state index contributed by atoms with van der Waals surface area (Å²) in [5, 5.41) is 18.6. The zero-order valence-electron chi connectivity index (χ0n) is 16.4. The molecule has 0 radical (unpaired) electrons. The summed E-state index contributed by atoms with van der Waals surface area (Å²) < 4.78 is 32.8. The number of piperazine rings is 1. The smallest absolute Gasteiger partial charge is 0.444 e. The molecule has 1 aliphatic heterocycles. The summed E-state index contributed by atoms with van der Waals surface area (Å²) in [6.07, 6.45) is -0.451. The molecule has 2 rings (SSSR count). The van der Waals surface area contributed by atoms with Gasteiger partial charge in [-0.15, -0.1) is 0 Å². The standard InChI is InChI=1S/C17H27BN2O6S/c1-12-10-14(18(22)23)11-13(2)15(12)27(24,25)20-8-6-19(7-9-20)16(21)26-17(3,4)5/h10-11,22-23H,6-9H2,1-5H3. The van der Waals surface area contributed by atoms with Gasteiger partial charge >= 0.3 is 13.2 Å². The second-order valence-electron chi connectivity index (χ2n) is 7.73. The Labute approximate surface area is 160 Å². The second-order valence-corrected chi connectivity index (χ2v) is 9.60. The predicted molar refractivity (Wildman–Crippen MR) is 102 cm³/mol. The summed E-state index contributed by atoms with van der Waals surface area (Å²) in [6.45, 7) is 9.44. The van der Waals surface area contributed by atoms with Gasteiger partial charge in [0.25, 0.3) is 0 Å². The van der Waals surface area contributed by atoms with Crippen molar-refractivity contribution in [3.05, 3.63) is 23.3 Å². The largest absolute Gasteiger partial charge is 0.488 e. The highest BCUT2D eigenvalue weighted by Crippen LogP contribution is 2.24. The third kappa shape index (κ3) is 5.01. The average Bonchev–Trinajstić information content (AvgIpc) is 2.52. The minimum Gasteiger partial charge on any atom is -0.444 e. The highest BCUT2D eigenvalue weighted by atomic mass is 32.2. The molecule has 8 nitrogen and oxygen atoms in total. The highest BCUT2D eigenvalue weighted by molar-refractivity contribution is 7.89. The van der Waals surface area contributed by atoms with Crippen LogP contribution < -0.4 is 5.46 Å². The van der Waals surface area contributed by atoms with Gasteiger partial charge in [0.15, 0.2) is 0 Å². The number of hydrogen-bond acceptors (Lipinski definition) is 6. The number of carbonyl (C=O) groups is 1. The number of nitrogens with zero attached hydrogens (tertiary/aromatic N) is 2. The van der Waals surface area contributed by atoms with E-state index in [4.69, 9.17) is 4.74 Å². The molecule has 2 N–H and O–H groups in total. The molecule has 150 valence electrons. The molecule has 10 heteroatoms. The molecule has 27 heavy (non-hydrogen) atoms. The van der Waals surface area contributed by atoms with Crippen LogP contribution in [0.15, 0.2) is 17.0 Å². The first kappa shape index (κ1) is 21.7. The fraction of sp³-hybridized carbons (Fsp3) is 0.588. The van der Waals surface area contributed by atoms with Gasteiger partial charge in [-0.05, 0) is 51.2 Å². The molecule has 1 aromatic rings. The molecule has 0 spiro atoms. The quantitative estimate of drug-likeness (QED) is 0.706. The fourth-order valence-electron chi connectivity index (χ4n) is 3.11. The van der Waals surface area contributed by atoms with Crippen LogP contribution in [0.1, 0.15) is 31.9 Å². The first-order valence-electron chi connectivity index (χ1n) is 8.78. The van der Waals surface area contributed by atoms with Crippen LogP contribution in [0.2, 0.25) is 0 Å². The van der Waals surface area contributed by atoms with E-state index in [1.807, 2.05) is 0 Å². The van der Waals surface area contributed by atoms with Gasteiger partial charge in [0, 0.05) is 26.2 Å². The van der Waals surface area contributed by atoms with Gasteiger partial charge in [0.05, 0.1) is 4.90 Å². The van der Waals surface area contributed by atoms with Crippen molar-refractivity contribution in [2.24, 2.45) is 0 Å². The zero-order valence-corrected chi connectivity index (χ0v) is 17.2. The van der Waals surface area contributed by atoms with Crippen molar-refractivity contribution in [3.8, 4) is 0 Å². The Kier molecular flexibility index (Phi) is 6.25. The minimum absolute atomic E-state index is 0.164. The maximum absolute atomic E-state index is 13.1. The van der Waals surface area contributed by atoms with Crippen molar-refractivity contribution in [2.45, 2.75) is 45.1 Å². The van der Waals surface area contributed by atoms with Crippen molar-refractivity contribution in [2.75, 3.05) is 26.2 Å². The van der Waals surface area contributed by atoms with Gasteiger partial charge in [-0.1, -0.05) is 12.1 Å². The van der Waals surface area contributed by atoms with Crippen molar-refractivity contribution < 1.29 is 28.0 Å². The molecule has 1 fully saturated rings. The third-order valence-corrected chi connectivity index (χ3v) is 6.47. The Bertz CT molecular complexity index is 788. The van der Waals surface area contributed by atoms with E-state index in [2.05, 4.69) is 0 Å². The van der Waals surface area contributed by atoms with E-state index >= 15 is 0 Å². The van der Waals surface area contributed by atoms with Gasteiger partial charge in [-0.25, -0.2) is 13.2 Å². The summed E-state index contributed by atoms with van der Waals surface area (Å²) >= 11 is 0. The number of rotatable bonds is 3. The van der Waals surface area contributed by atoms with E-state index in [1.165, 1.54) is 21.3 Å². The van der Waals surface area contributed by atoms with E-state index in [-0.39, 0.29) is 36.5 Å². The molecule has 0 saturated carbocycles. The predicted octanol–water partition coefficient (Wildman–Crippen LogP) is 0.225. The van der Waals surface area contributed by atoms with Crippen molar-refractivity contribution in [1.29, 1.82) is 0 Å². The van der Waals surface area contributed by atoms with E-state index in [1.54, 1.807) is 34.6 Å². The van der Waals surface area contributed by atoms with Crippen LogP contribution >= 0.6 is 0 Å². The van der Waals surface area contributed by atoms with Gasteiger partial charge in [0.2, 0.25) is 10.0 Å². The summed E-state index contributed by atoms with van der Waals surface area (Å²) in [7, 11) is -5.41. The maximum Gasteiger partial charge on any atom is 0.488 e. The van der Waals surface area contributed by atoms with Gasteiger partial charge < -0.3 is 19.7 Å². The Morgan fingerprint density at radius 2 is 1.56 bits per heavy atom. The van der Waals surface area contributed by atoms with Gasteiger partial charge in [-0.2, -0.15) is 4.31 Å². The molecule has 0 bridgehead atoms. The molecule has 1 saturated heterocycles. The van der Waals surface area contributed by atoms with Crippen LogP contribution in [0.4, 0.5) is 4.79 Å². The third-order valence-electron chi connectivity index (χ3n) is 4.27. The molecule has 1 aliphatic rings. The topological polar surface area (TPSA) is 107 Å². The number of sulfonamides is 1. The van der Waals surface area contributed by atoms with Crippen LogP contribution in [-0.2, 0) is 14.8 Å². The molecular formula is C17H27BN2O6S. The molecule has 1 amide bonds. The van der Waals surface area contributed by atoms with Crippen LogP contribution in [0.3, 0.4) is 0 Å². The molecule has 1 aromatic carbocycles. The lowest BCUT2D eigenvalue weighted by molar-refractivity contribution is 0.0192. The molecule has 0 aliphatic carbocycles. The lowest BCUT2D eigenvalue weighted by atomic mass is 9.79. The Balaban J connectivity index is 2.17. The van der Waals surface area contributed by atoms with Crippen LogP contribution in [0.5, 0.6) is 0 Å². The van der Waals surface area contributed by atoms with E-state index in [0.29, 0.717) is 11.1 Å². The maximum atomic E-state index is 13.1. The zero-order chi connectivity index (χ0) is 20.6. The number of hydrogen-bond donors (Lipinski definition) is 2. The van der Waals surface area contributed by atoms with E-state index < -0.39 is 28.8 Å². The second kappa shape index (κ2) is 7.79. The highest BCUT2D eigenvalue weighted by Gasteiger charge is 2.34. The van der Waals surface area contributed by atoms with Crippen LogP contribution in [0.25, 0.3) is 0 Å². The van der Waals surface area contributed by atoms with Crippen molar-refractivity contribution >= 4 is 28.7 Å². The Hall–Kier alpha value is -1.62. The summed E-state index contributed by atoms with van der Waals surface area (Å²) in [4.78, 5) is 13.8. The Morgan fingerprint density at radius 3 is 1.96 bits per heavy atom. The van der Waals surface area contributed by atoms with Gasteiger partial charge in [0.1, 0.15) is 5.60 Å². The first-order valence-corrected chi connectivity index (χ1v) is 10.2. The monoisotopic (exact) mass is 398 g/mol. The van der Waals surface area contributed by atoms with Crippen molar-refractivity contribution in [3.63, 3.8) is 0 Å². The minimum atomic E-state index is -3.76. The SMILES string of the molecule is Cc1cc(B(O)O)cc(C)c1S(=O)(=O)N1CCN(C(=O)OC(C)(C)C)CC1. The lowest BCUT2D eigenvalue weighted by Gasteiger charge is -2.35. The van der Waals surface area contributed by atoms with Crippen LogP contribution in [0, 0.1) is 13.8 Å². The number of carbonyl (C=O) groups excluding carboxylic acids is 1. The van der Waals surface area contributed by atoms with Crippen LogP contribution in [-0.4, -0.2) is 72.7 Å². The van der Waals surface area contributed by atoms with Crippen molar-refractivity contribution in [1.82, 2.24) is 9.21 Å². The lowest BCUT2D eigenvalue weighted by Crippen LogP contribution is -2.51. The number of aryl methyl sites for hydroxylation is 2. The number of benzene rings is 1. The molecule has 1 heterocycles. The fourth-order valence-corrected chi connectivity index (χ4v) is 4.94. The molecule has 0 unspecified atom stereocenters. The number of ether oxygens (including phenoxy) is 1.